The zero-order chi connectivity index (χ0) is 26.9. The van der Waals surface area contributed by atoms with Crippen molar-refractivity contribution in [3.05, 3.63) is 114 Å². The predicted octanol–water partition coefficient (Wildman–Crippen LogP) is 8.46. The van der Waals surface area contributed by atoms with Crippen LogP contribution in [0.4, 0.5) is 0 Å². The number of rotatable bonds is 3. The van der Waals surface area contributed by atoms with Crippen LogP contribution in [0.3, 0.4) is 0 Å². The molecule has 39 heavy (non-hydrogen) atoms. The Bertz CT molecular complexity index is 1720. The number of hydrogen-bond donors (Lipinski definition) is 0. The molecule has 0 aliphatic rings. The quantitative estimate of drug-likeness (QED) is 0.137. The van der Waals surface area contributed by atoms with E-state index in [2.05, 4.69) is 85.9 Å². The van der Waals surface area contributed by atoms with Crippen LogP contribution in [0.15, 0.2) is 89.6 Å². The van der Waals surface area contributed by atoms with Gasteiger partial charge in [-0.3, -0.25) is 0 Å². The Labute approximate surface area is 245 Å². The van der Waals surface area contributed by atoms with Gasteiger partial charge in [-0.25, -0.2) is 0 Å². The third-order valence-electron chi connectivity index (χ3n) is 6.79. The third kappa shape index (κ3) is 6.12. The Hall–Kier alpha value is -3.37. The molecule has 6 aromatic rings. The van der Waals surface area contributed by atoms with Gasteiger partial charge in [0.25, 0.3) is 0 Å². The Kier molecular flexibility index (Phi) is 8.66. The Morgan fingerprint density at radius 2 is 1.51 bits per heavy atom. The van der Waals surface area contributed by atoms with E-state index in [-0.39, 0.29) is 20.1 Å². The summed E-state index contributed by atoms with van der Waals surface area (Å²) < 4.78 is 6.29. The van der Waals surface area contributed by atoms with Gasteiger partial charge in [-0.15, -0.1) is 53.2 Å². The first-order valence-electron chi connectivity index (χ1n) is 12.9. The summed E-state index contributed by atoms with van der Waals surface area (Å²) in [6.45, 7) is 13.3. The Morgan fingerprint density at radius 1 is 0.769 bits per heavy atom. The topological polar surface area (TPSA) is 38.9 Å². The standard InChI is InChI=1S/C22H22NOSi.C12H10N.Ir/c1-14-12-18(23-13-15(14)2)16-10-11-20(25(3,4)5)21-17-8-6-7-9-19(17)24-22(16)21;1-10-7-8-12(13-9-10)11-5-3-2-4-6-11;/h6-9,11-13H,1-5H3;2-5,7-9H,1H3;/q2*-1;. The third-order valence-corrected chi connectivity index (χ3v) is 8.80. The SMILES string of the molecule is Cc1ccc(-c2[c-]cccc2)nc1.Cc1cnc(-c2[c-]cc([Si](C)(C)C)c3c2oc2ccccc23)cc1C.[Ir]. The van der Waals surface area contributed by atoms with Crippen molar-refractivity contribution in [3.63, 3.8) is 0 Å². The molecule has 1 radical (unpaired) electrons. The molecule has 0 saturated carbocycles. The number of nitrogens with zero attached hydrogens (tertiary/aromatic N) is 2. The minimum atomic E-state index is -1.53. The van der Waals surface area contributed by atoms with Crippen molar-refractivity contribution in [2.45, 2.75) is 40.4 Å². The molecule has 0 amide bonds. The summed E-state index contributed by atoms with van der Waals surface area (Å²) in [5.41, 5.74) is 9.36. The van der Waals surface area contributed by atoms with E-state index in [0.29, 0.717) is 0 Å². The van der Waals surface area contributed by atoms with E-state index in [1.807, 2.05) is 61.8 Å². The molecule has 0 fully saturated rings. The number of furan rings is 1. The van der Waals surface area contributed by atoms with E-state index in [4.69, 9.17) is 4.42 Å². The second-order valence-electron chi connectivity index (χ2n) is 10.8. The monoisotopic (exact) mass is 705 g/mol. The minimum Gasteiger partial charge on any atom is -0.501 e. The van der Waals surface area contributed by atoms with E-state index < -0.39 is 8.07 Å². The van der Waals surface area contributed by atoms with E-state index in [0.717, 1.165) is 33.7 Å². The molecule has 0 unspecified atom stereocenters. The average Bonchev–Trinajstić information content (AvgIpc) is 3.30. The van der Waals surface area contributed by atoms with Gasteiger partial charge < -0.3 is 14.4 Å². The van der Waals surface area contributed by atoms with E-state index >= 15 is 0 Å². The summed E-state index contributed by atoms with van der Waals surface area (Å²) >= 11 is 0. The Balaban J connectivity index is 0.000000213. The van der Waals surface area contributed by atoms with E-state index in [1.165, 1.54) is 32.6 Å². The van der Waals surface area contributed by atoms with Crippen molar-refractivity contribution in [2.24, 2.45) is 0 Å². The molecule has 0 aliphatic carbocycles. The molecule has 0 atom stereocenters. The van der Waals surface area contributed by atoms with Crippen LogP contribution in [0.2, 0.25) is 19.6 Å². The zero-order valence-electron chi connectivity index (χ0n) is 23.2. The van der Waals surface area contributed by atoms with Gasteiger partial charge >= 0.3 is 0 Å². The summed E-state index contributed by atoms with van der Waals surface area (Å²) in [6, 6.07) is 31.2. The largest absolute Gasteiger partial charge is 0.501 e. The smallest absolute Gasteiger partial charge is 0.120 e. The van der Waals surface area contributed by atoms with Crippen LogP contribution in [-0.4, -0.2) is 18.0 Å². The zero-order valence-corrected chi connectivity index (χ0v) is 26.6. The van der Waals surface area contributed by atoms with Crippen molar-refractivity contribution >= 4 is 35.2 Å². The predicted molar refractivity (Wildman–Crippen MR) is 161 cm³/mol. The fourth-order valence-corrected chi connectivity index (χ4v) is 6.00. The first-order valence-corrected chi connectivity index (χ1v) is 16.4. The maximum absolute atomic E-state index is 6.29. The first-order chi connectivity index (χ1) is 18.2. The van der Waals surface area contributed by atoms with Crippen LogP contribution in [0, 0.1) is 32.9 Å². The van der Waals surface area contributed by atoms with Crippen LogP contribution in [0.1, 0.15) is 16.7 Å². The molecule has 199 valence electrons. The molecule has 0 saturated heterocycles. The number of hydrogen-bond acceptors (Lipinski definition) is 3. The van der Waals surface area contributed by atoms with Crippen molar-refractivity contribution < 1.29 is 24.5 Å². The molecule has 3 aromatic carbocycles. The summed E-state index contributed by atoms with van der Waals surface area (Å²) in [5.74, 6) is 0. The summed E-state index contributed by atoms with van der Waals surface area (Å²) in [6.07, 6.45) is 3.80. The molecular formula is C34H32IrN2OSi-2. The van der Waals surface area contributed by atoms with Gasteiger partial charge in [-0.2, -0.15) is 0 Å². The van der Waals surface area contributed by atoms with Crippen LogP contribution in [0.5, 0.6) is 0 Å². The van der Waals surface area contributed by atoms with Crippen LogP contribution >= 0.6 is 0 Å². The molecule has 3 aromatic heterocycles. The van der Waals surface area contributed by atoms with Gasteiger partial charge in [0.2, 0.25) is 0 Å². The number of para-hydroxylation sites is 1. The molecule has 3 nitrogen and oxygen atoms in total. The van der Waals surface area contributed by atoms with Gasteiger partial charge in [0.05, 0.1) is 5.58 Å². The van der Waals surface area contributed by atoms with Crippen molar-refractivity contribution in [3.8, 4) is 22.5 Å². The molecule has 6 rings (SSSR count). The summed E-state index contributed by atoms with van der Waals surface area (Å²) in [5, 5.41) is 3.82. The molecule has 3 heterocycles. The second-order valence-corrected chi connectivity index (χ2v) is 15.8. The fourth-order valence-electron chi connectivity index (χ4n) is 4.49. The van der Waals surface area contributed by atoms with Crippen molar-refractivity contribution in [1.29, 1.82) is 0 Å². The van der Waals surface area contributed by atoms with Gasteiger partial charge in [0.15, 0.2) is 0 Å². The number of aromatic nitrogens is 2. The van der Waals surface area contributed by atoms with Gasteiger partial charge in [-0.1, -0.05) is 72.6 Å². The molecule has 0 aliphatic heterocycles. The normalized spacial score (nSPS) is 11.1. The maximum Gasteiger partial charge on any atom is 0.120 e. The van der Waals surface area contributed by atoms with Crippen LogP contribution < -0.4 is 5.19 Å². The number of aryl methyl sites for hydroxylation is 3. The maximum atomic E-state index is 6.29. The van der Waals surface area contributed by atoms with E-state index in [1.54, 1.807) is 0 Å². The molecule has 5 heteroatoms. The summed E-state index contributed by atoms with van der Waals surface area (Å²) in [4.78, 5) is 8.96. The van der Waals surface area contributed by atoms with Gasteiger partial charge in [0, 0.05) is 46.0 Å². The summed E-state index contributed by atoms with van der Waals surface area (Å²) in [7, 11) is -1.53. The average molecular weight is 705 g/mol. The number of benzene rings is 3. The van der Waals surface area contributed by atoms with Gasteiger partial charge in [0.1, 0.15) is 5.58 Å². The van der Waals surface area contributed by atoms with Crippen LogP contribution in [-0.2, 0) is 20.1 Å². The molecular weight excluding hydrogens is 673 g/mol. The fraction of sp³-hybridized carbons (Fsp3) is 0.176. The van der Waals surface area contributed by atoms with Crippen molar-refractivity contribution in [2.75, 3.05) is 0 Å². The molecule has 0 spiro atoms. The van der Waals surface area contributed by atoms with Crippen molar-refractivity contribution in [1.82, 2.24) is 9.97 Å². The number of pyridine rings is 2. The number of fused-ring (bicyclic) bond motifs is 3. The van der Waals surface area contributed by atoms with Crippen LogP contribution in [0.25, 0.3) is 44.5 Å². The second kappa shape index (κ2) is 11.8. The van der Waals surface area contributed by atoms with Gasteiger partial charge in [-0.05, 0) is 49.4 Å². The first kappa shape index (κ1) is 28.6. The molecule has 0 bridgehead atoms. The molecule has 0 N–H and O–H groups in total. The minimum absolute atomic E-state index is 0. The van der Waals surface area contributed by atoms with E-state index in [9.17, 15) is 0 Å². The Morgan fingerprint density at radius 3 is 2.18 bits per heavy atom.